The van der Waals surface area contributed by atoms with E-state index < -0.39 is 0 Å². The van der Waals surface area contributed by atoms with Crippen molar-refractivity contribution >= 4 is 5.91 Å². The predicted molar refractivity (Wildman–Crippen MR) is 98.3 cm³/mol. The van der Waals surface area contributed by atoms with Gasteiger partial charge in [0.15, 0.2) is 0 Å². The Morgan fingerprint density at radius 2 is 1.84 bits per heavy atom. The molecule has 3 rings (SSSR count). The highest BCUT2D eigenvalue weighted by Crippen LogP contribution is 2.13. The van der Waals surface area contributed by atoms with Crippen LogP contribution in [0.2, 0.25) is 0 Å². The first-order valence-electron chi connectivity index (χ1n) is 9.38. The van der Waals surface area contributed by atoms with Crippen LogP contribution >= 0.6 is 0 Å². The van der Waals surface area contributed by atoms with Crippen molar-refractivity contribution in [1.29, 1.82) is 0 Å². The molecule has 2 N–H and O–H groups in total. The summed E-state index contributed by atoms with van der Waals surface area (Å²) in [5.74, 6) is 0.114. The Balaban J connectivity index is 1.49. The third kappa shape index (κ3) is 6.08. The Hall–Kier alpha value is -1.47. The summed E-state index contributed by atoms with van der Waals surface area (Å²) in [6.45, 7) is 9.55. The number of morpholine rings is 1. The van der Waals surface area contributed by atoms with Gasteiger partial charge in [0.2, 0.25) is 5.91 Å². The van der Waals surface area contributed by atoms with Crippen LogP contribution in [0, 0.1) is 0 Å². The number of ether oxygens (including phenoxy) is 1. The van der Waals surface area contributed by atoms with Gasteiger partial charge in [0.25, 0.3) is 0 Å². The van der Waals surface area contributed by atoms with Gasteiger partial charge in [-0.05, 0) is 30.6 Å². The van der Waals surface area contributed by atoms with Gasteiger partial charge < -0.3 is 15.4 Å². The van der Waals surface area contributed by atoms with Gasteiger partial charge in [-0.2, -0.15) is 0 Å². The number of rotatable bonds is 6. The molecule has 2 saturated heterocycles. The van der Waals surface area contributed by atoms with E-state index >= 15 is 0 Å². The lowest BCUT2D eigenvalue weighted by molar-refractivity contribution is -0.122. The van der Waals surface area contributed by atoms with Crippen molar-refractivity contribution in [1.82, 2.24) is 20.4 Å². The minimum Gasteiger partial charge on any atom is -0.379 e. The highest BCUT2D eigenvalue weighted by atomic mass is 16.5. The molecule has 1 aromatic carbocycles. The van der Waals surface area contributed by atoms with Crippen LogP contribution in [0.5, 0.6) is 0 Å². The lowest BCUT2D eigenvalue weighted by Crippen LogP contribution is -2.39. The maximum Gasteiger partial charge on any atom is 0.234 e. The molecule has 0 atom stereocenters. The molecule has 138 valence electrons. The lowest BCUT2D eigenvalue weighted by atomic mass is 10.1. The predicted octanol–water partition coefficient (Wildman–Crippen LogP) is 0.430. The summed E-state index contributed by atoms with van der Waals surface area (Å²) in [4.78, 5) is 16.9. The van der Waals surface area contributed by atoms with Crippen LogP contribution in [0.1, 0.15) is 17.5 Å². The van der Waals surface area contributed by atoms with Gasteiger partial charge in [-0.3, -0.25) is 14.6 Å². The highest BCUT2D eigenvalue weighted by Gasteiger charge is 2.15. The zero-order valence-electron chi connectivity index (χ0n) is 15.0. The molecule has 2 aliphatic rings. The van der Waals surface area contributed by atoms with Gasteiger partial charge in [-0.25, -0.2) is 0 Å². The Morgan fingerprint density at radius 3 is 2.68 bits per heavy atom. The number of hydrogen-bond acceptors (Lipinski definition) is 5. The van der Waals surface area contributed by atoms with Crippen LogP contribution in [-0.2, 0) is 22.6 Å². The number of hydrogen-bond donors (Lipinski definition) is 2. The molecule has 2 fully saturated rings. The first kappa shape index (κ1) is 18.3. The summed E-state index contributed by atoms with van der Waals surface area (Å²) in [7, 11) is 0. The monoisotopic (exact) mass is 346 g/mol. The second-order valence-electron chi connectivity index (χ2n) is 6.81. The number of carbonyl (C=O) groups excluding carboxylic acids is 1. The molecule has 1 aromatic rings. The van der Waals surface area contributed by atoms with E-state index in [2.05, 4.69) is 38.6 Å². The van der Waals surface area contributed by atoms with Crippen molar-refractivity contribution in [3.63, 3.8) is 0 Å². The molecule has 0 saturated carbocycles. The molecule has 0 unspecified atom stereocenters. The Labute approximate surface area is 150 Å². The summed E-state index contributed by atoms with van der Waals surface area (Å²) < 4.78 is 5.42. The SMILES string of the molecule is O=C(CN1CCCNCC1)NCc1ccccc1CN1CCOCC1. The van der Waals surface area contributed by atoms with Gasteiger partial charge in [0, 0.05) is 39.3 Å². The number of carbonyl (C=O) groups is 1. The molecule has 0 aromatic heterocycles. The van der Waals surface area contributed by atoms with Gasteiger partial charge in [-0.15, -0.1) is 0 Å². The average molecular weight is 346 g/mol. The zero-order valence-corrected chi connectivity index (χ0v) is 15.0. The van der Waals surface area contributed by atoms with E-state index in [1.807, 2.05) is 6.07 Å². The largest absolute Gasteiger partial charge is 0.379 e. The molecule has 2 heterocycles. The minimum atomic E-state index is 0.114. The first-order valence-corrected chi connectivity index (χ1v) is 9.38. The number of benzene rings is 1. The minimum absolute atomic E-state index is 0.114. The Kier molecular flexibility index (Phi) is 7.23. The van der Waals surface area contributed by atoms with E-state index in [1.54, 1.807) is 0 Å². The number of nitrogens with zero attached hydrogens (tertiary/aromatic N) is 2. The Bertz CT molecular complexity index is 538. The lowest BCUT2D eigenvalue weighted by Gasteiger charge is -2.27. The maximum absolute atomic E-state index is 12.3. The fourth-order valence-corrected chi connectivity index (χ4v) is 3.40. The molecule has 0 aliphatic carbocycles. The molecule has 0 radical (unpaired) electrons. The summed E-state index contributed by atoms with van der Waals surface area (Å²) in [6.07, 6.45) is 1.11. The maximum atomic E-state index is 12.3. The van der Waals surface area contributed by atoms with Crippen LogP contribution in [0.3, 0.4) is 0 Å². The topological polar surface area (TPSA) is 56.8 Å². The van der Waals surface area contributed by atoms with Crippen LogP contribution in [0.15, 0.2) is 24.3 Å². The molecule has 2 aliphatic heterocycles. The van der Waals surface area contributed by atoms with Crippen LogP contribution in [0.4, 0.5) is 0 Å². The third-order valence-corrected chi connectivity index (χ3v) is 4.89. The van der Waals surface area contributed by atoms with Gasteiger partial charge in [0.05, 0.1) is 19.8 Å². The Morgan fingerprint density at radius 1 is 1.04 bits per heavy atom. The molecule has 1 amide bonds. The van der Waals surface area contributed by atoms with E-state index in [9.17, 15) is 4.79 Å². The molecule has 6 nitrogen and oxygen atoms in total. The van der Waals surface area contributed by atoms with E-state index in [-0.39, 0.29) is 5.91 Å². The molecular weight excluding hydrogens is 316 g/mol. The average Bonchev–Trinajstić information content (AvgIpc) is 2.90. The highest BCUT2D eigenvalue weighted by molar-refractivity contribution is 5.78. The normalized spacial score (nSPS) is 20.2. The number of nitrogens with one attached hydrogen (secondary N) is 2. The quantitative estimate of drug-likeness (QED) is 0.782. The van der Waals surface area contributed by atoms with Crippen molar-refractivity contribution in [2.45, 2.75) is 19.5 Å². The van der Waals surface area contributed by atoms with Crippen molar-refractivity contribution in [3.05, 3.63) is 35.4 Å². The summed E-state index contributed by atoms with van der Waals surface area (Å²) in [5, 5.41) is 6.47. The fraction of sp³-hybridized carbons (Fsp3) is 0.632. The first-order chi connectivity index (χ1) is 12.3. The van der Waals surface area contributed by atoms with Crippen LogP contribution in [0.25, 0.3) is 0 Å². The summed E-state index contributed by atoms with van der Waals surface area (Å²) in [5.41, 5.74) is 2.50. The van der Waals surface area contributed by atoms with E-state index in [1.165, 1.54) is 11.1 Å². The molecule has 0 spiro atoms. The second-order valence-corrected chi connectivity index (χ2v) is 6.81. The van der Waals surface area contributed by atoms with Crippen molar-refractivity contribution < 1.29 is 9.53 Å². The zero-order chi connectivity index (χ0) is 17.3. The van der Waals surface area contributed by atoms with Crippen molar-refractivity contribution in [3.8, 4) is 0 Å². The van der Waals surface area contributed by atoms with Crippen molar-refractivity contribution in [2.24, 2.45) is 0 Å². The summed E-state index contributed by atoms with van der Waals surface area (Å²) >= 11 is 0. The van der Waals surface area contributed by atoms with E-state index in [0.717, 1.165) is 65.4 Å². The second kappa shape index (κ2) is 9.87. The molecule has 0 bridgehead atoms. The molecule has 6 heteroatoms. The van der Waals surface area contributed by atoms with Gasteiger partial charge in [-0.1, -0.05) is 24.3 Å². The fourth-order valence-electron chi connectivity index (χ4n) is 3.40. The number of amides is 1. The van der Waals surface area contributed by atoms with Crippen molar-refractivity contribution in [2.75, 3.05) is 59.0 Å². The van der Waals surface area contributed by atoms with Gasteiger partial charge >= 0.3 is 0 Å². The molecule has 25 heavy (non-hydrogen) atoms. The van der Waals surface area contributed by atoms with Crippen LogP contribution < -0.4 is 10.6 Å². The standard InChI is InChI=1S/C19H30N4O2/c24-19(16-22-8-3-6-20-7-9-22)21-14-17-4-1-2-5-18(17)15-23-10-12-25-13-11-23/h1-2,4-5,20H,3,6-16H2,(H,21,24). The smallest absolute Gasteiger partial charge is 0.234 e. The summed E-state index contributed by atoms with van der Waals surface area (Å²) in [6, 6.07) is 8.40. The third-order valence-electron chi connectivity index (χ3n) is 4.89. The molecular formula is C19H30N4O2. The van der Waals surface area contributed by atoms with E-state index in [0.29, 0.717) is 13.1 Å². The van der Waals surface area contributed by atoms with Gasteiger partial charge in [0.1, 0.15) is 0 Å². The van der Waals surface area contributed by atoms with Crippen LogP contribution in [-0.4, -0.2) is 74.7 Å². The van der Waals surface area contributed by atoms with E-state index in [4.69, 9.17) is 4.74 Å².